The summed E-state index contributed by atoms with van der Waals surface area (Å²) in [5.74, 6) is -0.224. The van der Waals surface area contributed by atoms with Gasteiger partial charge in [0.2, 0.25) is 5.91 Å². The first-order valence-electron chi connectivity index (χ1n) is 9.28. The Balaban J connectivity index is 0.00000105. The van der Waals surface area contributed by atoms with Gasteiger partial charge in [-0.05, 0) is 50.4 Å². The molecule has 1 fully saturated rings. The highest BCUT2D eigenvalue weighted by Gasteiger charge is 2.35. The lowest BCUT2D eigenvalue weighted by Crippen LogP contribution is -2.50. The van der Waals surface area contributed by atoms with Crippen LogP contribution in [-0.4, -0.2) is 42.6 Å². The van der Waals surface area contributed by atoms with Crippen molar-refractivity contribution in [2.24, 2.45) is 5.73 Å². The lowest BCUT2D eigenvalue weighted by Gasteiger charge is -2.41. The van der Waals surface area contributed by atoms with Gasteiger partial charge in [-0.2, -0.15) is 9.59 Å². The second kappa shape index (κ2) is 11.4. The zero-order valence-corrected chi connectivity index (χ0v) is 15.9. The third-order valence-electron chi connectivity index (χ3n) is 4.89. The molecule has 0 spiro atoms. The number of nitrogens with zero attached hydrogens (tertiary/aromatic N) is 1. The fourth-order valence-electron chi connectivity index (χ4n) is 3.37. The Hall–Kier alpha value is -2.17. The van der Waals surface area contributed by atoms with Crippen LogP contribution in [0.2, 0.25) is 0 Å². The smallest absolute Gasteiger partial charge is 0.373 e. The van der Waals surface area contributed by atoms with Crippen molar-refractivity contribution in [1.82, 2.24) is 4.90 Å². The fourth-order valence-corrected chi connectivity index (χ4v) is 3.37. The number of piperidine rings is 1. The van der Waals surface area contributed by atoms with E-state index in [0.717, 1.165) is 38.0 Å². The summed E-state index contributed by atoms with van der Waals surface area (Å²) in [6.45, 7) is 4.22. The summed E-state index contributed by atoms with van der Waals surface area (Å²) in [4.78, 5) is 30.1. The Morgan fingerprint density at radius 1 is 1.19 bits per heavy atom. The standard InChI is InChI=1S/C19H31N3O.CO2/c1-3-4-5-6-16-7-9-17(10-8-16)21-19(15-18(20)23)11-13-22(2)14-12-19;2-1-3/h7-10,21H,3-6,11-15H2,1-2H3,(H2,20,23);. The van der Waals surface area contributed by atoms with E-state index in [1.54, 1.807) is 0 Å². The Morgan fingerprint density at radius 3 is 2.27 bits per heavy atom. The molecule has 0 saturated carbocycles. The first-order chi connectivity index (χ1) is 12.4. The summed E-state index contributed by atoms with van der Waals surface area (Å²) in [6.07, 6.45) is 7.49. The van der Waals surface area contributed by atoms with Crippen molar-refractivity contribution in [3.05, 3.63) is 29.8 Å². The van der Waals surface area contributed by atoms with Gasteiger partial charge in [0.15, 0.2) is 0 Å². The molecule has 0 radical (unpaired) electrons. The third-order valence-corrected chi connectivity index (χ3v) is 4.89. The monoisotopic (exact) mass is 361 g/mol. The van der Waals surface area contributed by atoms with Gasteiger partial charge in [0.1, 0.15) is 0 Å². The van der Waals surface area contributed by atoms with Crippen LogP contribution in [0, 0.1) is 0 Å². The summed E-state index contributed by atoms with van der Waals surface area (Å²) in [5, 5.41) is 3.61. The molecule has 2 rings (SSSR count). The molecule has 1 aliphatic heterocycles. The van der Waals surface area contributed by atoms with E-state index in [4.69, 9.17) is 15.3 Å². The lowest BCUT2D eigenvalue weighted by molar-refractivity contribution is -0.191. The van der Waals surface area contributed by atoms with E-state index in [-0.39, 0.29) is 17.6 Å². The van der Waals surface area contributed by atoms with Crippen molar-refractivity contribution in [2.75, 3.05) is 25.5 Å². The molecule has 1 aromatic rings. The zero-order chi connectivity index (χ0) is 19.4. The topological polar surface area (TPSA) is 92.5 Å². The van der Waals surface area contributed by atoms with Crippen LogP contribution in [0.25, 0.3) is 0 Å². The zero-order valence-electron chi connectivity index (χ0n) is 15.9. The number of anilines is 1. The van der Waals surface area contributed by atoms with Crippen molar-refractivity contribution in [1.29, 1.82) is 0 Å². The molecule has 0 aliphatic carbocycles. The summed E-state index contributed by atoms with van der Waals surface area (Å²) in [6, 6.07) is 8.68. The second-order valence-electron chi connectivity index (χ2n) is 7.09. The van der Waals surface area contributed by atoms with Crippen LogP contribution in [-0.2, 0) is 20.8 Å². The molecular formula is C20H31N3O3. The van der Waals surface area contributed by atoms with E-state index in [9.17, 15) is 4.79 Å². The summed E-state index contributed by atoms with van der Waals surface area (Å²) >= 11 is 0. The number of primary amides is 1. The van der Waals surface area contributed by atoms with Crippen molar-refractivity contribution in [3.8, 4) is 0 Å². The minimum absolute atomic E-state index is 0.192. The number of benzene rings is 1. The average Bonchev–Trinajstić information content (AvgIpc) is 2.60. The number of nitrogens with one attached hydrogen (secondary N) is 1. The fraction of sp³-hybridized carbons (Fsp3) is 0.600. The van der Waals surface area contributed by atoms with E-state index in [0.29, 0.717) is 6.42 Å². The van der Waals surface area contributed by atoms with E-state index >= 15 is 0 Å². The van der Waals surface area contributed by atoms with Crippen LogP contribution in [0.1, 0.15) is 51.0 Å². The van der Waals surface area contributed by atoms with Gasteiger partial charge in [-0.15, -0.1) is 0 Å². The number of carbonyl (C=O) groups is 1. The van der Waals surface area contributed by atoms with Crippen molar-refractivity contribution >= 4 is 17.7 Å². The van der Waals surface area contributed by atoms with Crippen LogP contribution in [0.4, 0.5) is 5.69 Å². The number of hydrogen-bond acceptors (Lipinski definition) is 5. The van der Waals surface area contributed by atoms with Crippen LogP contribution in [0.5, 0.6) is 0 Å². The quantitative estimate of drug-likeness (QED) is 0.694. The molecule has 1 saturated heterocycles. The largest absolute Gasteiger partial charge is 0.379 e. The minimum atomic E-state index is -0.224. The molecular weight excluding hydrogens is 330 g/mol. The van der Waals surface area contributed by atoms with Crippen LogP contribution in [0.3, 0.4) is 0 Å². The molecule has 0 atom stereocenters. The van der Waals surface area contributed by atoms with Crippen molar-refractivity contribution in [3.63, 3.8) is 0 Å². The maximum atomic E-state index is 11.5. The highest BCUT2D eigenvalue weighted by atomic mass is 16.2. The molecule has 0 unspecified atom stereocenters. The van der Waals surface area contributed by atoms with Crippen molar-refractivity contribution in [2.45, 2.75) is 57.4 Å². The van der Waals surface area contributed by atoms with Gasteiger partial charge >= 0.3 is 6.15 Å². The lowest BCUT2D eigenvalue weighted by atomic mass is 9.84. The number of unbranched alkanes of at least 4 members (excludes halogenated alkanes) is 2. The second-order valence-corrected chi connectivity index (χ2v) is 7.09. The van der Waals surface area contributed by atoms with Crippen LogP contribution >= 0.6 is 0 Å². The first-order valence-corrected chi connectivity index (χ1v) is 9.28. The van der Waals surface area contributed by atoms with Crippen LogP contribution < -0.4 is 11.1 Å². The normalized spacial score (nSPS) is 16.1. The van der Waals surface area contributed by atoms with Gasteiger partial charge in [-0.3, -0.25) is 4.79 Å². The third kappa shape index (κ3) is 7.81. The first kappa shape index (κ1) is 21.9. The Morgan fingerprint density at radius 2 is 1.77 bits per heavy atom. The van der Waals surface area contributed by atoms with Gasteiger partial charge in [0.05, 0.1) is 0 Å². The van der Waals surface area contributed by atoms with E-state index < -0.39 is 0 Å². The van der Waals surface area contributed by atoms with Crippen molar-refractivity contribution < 1.29 is 14.4 Å². The van der Waals surface area contributed by atoms with E-state index in [2.05, 4.69) is 48.5 Å². The van der Waals surface area contributed by atoms with Crippen LogP contribution in [0.15, 0.2) is 24.3 Å². The highest BCUT2D eigenvalue weighted by molar-refractivity contribution is 5.76. The summed E-state index contributed by atoms with van der Waals surface area (Å²) in [5.41, 5.74) is 7.78. The Bertz CT molecular complexity index is 572. The molecule has 1 aromatic carbocycles. The van der Waals surface area contributed by atoms with Gasteiger partial charge < -0.3 is 16.0 Å². The molecule has 26 heavy (non-hydrogen) atoms. The maximum Gasteiger partial charge on any atom is 0.373 e. The molecule has 0 aromatic heterocycles. The minimum Gasteiger partial charge on any atom is -0.379 e. The SMILES string of the molecule is CCCCCc1ccc(NC2(CC(N)=O)CCN(C)CC2)cc1.O=C=O. The predicted octanol–water partition coefficient (Wildman–Crippen LogP) is 2.59. The van der Waals surface area contributed by atoms with Gasteiger partial charge in [0, 0.05) is 30.7 Å². The molecule has 1 aliphatic rings. The number of aryl methyl sites for hydroxylation is 1. The number of rotatable bonds is 8. The highest BCUT2D eigenvalue weighted by Crippen LogP contribution is 2.30. The molecule has 1 heterocycles. The predicted molar refractivity (Wildman–Crippen MR) is 102 cm³/mol. The maximum absolute atomic E-state index is 11.5. The molecule has 6 heteroatoms. The molecule has 6 nitrogen and oxygen atoms in total. The van der Waals surface area contributed by atoms with Gasteiger partial charge in [0.25, 0.3) is 0 Å². The van der Waals surface area contributed by atoms with Gasteiger partial charge in [-0.1, -0.05) is 31.9 Å². The molecule has 144 valence electrons. The Kier molecular flexibility index (Phi) is 9.63. The molecule has 3 N–H and O–H groups in total. The number of hydrogen-bond donors (Lipinski definition) is 2. The van der Waals surface area contributed by atoms with E-state index in [1.807, 2.05) is 0 Å². The number of amides is 1. The van der Waals surface area contributed by atoms with Gasteiger partial charge in [-0.25, -0.2) is 0 Å². The number of carbonyl (C=O) groups excluding carboxylic acids is 3. The Labute approximate surface area is 156 Å². The number of likely N-dealkylation sites (tertiary alicyclic amines) is 1. The number of nitrogens with two attached hydrogens (primary N) is 1. The molecule has 0 bridgehead atoms. The average molecular weight is 361 g/mol. The van der Waals surface area contributed by atoms with E-state index in [1.165, 1.54) is 24.8 Å². The summed E-state index contributed by atoms with van der Waals surface area (Å²) in [7, 11) is 2.12. The molecule has 1 amide bonds. The summed E-state index contributed by atoms with van der Waals surface area (Å²) < 4.78 is 0.